The molecular weight excluding hydrogens is 292 g/mol. The Balaban J connectivity index is 2.13. The van der Waals surface area contributed by atoms with Crippen LogP contribution in [0.4, 0.5) is 5.69 Å². The van der Waals surface area contributed by atoms with Crippen LogP contribution in [-0.4, -0.2) is 27.2 Å². The lowest BCUT2D eigenvalue weighted by Gasteiger charge is -2.07. The number of ether oxygens (including phenoxy) is 3. The van der Waals surface area contributed by atoms with Gasteiger partial charge in [0.05, 0.1) is 27.0 Å². The second-order valence-electron chi connectivity index (χ2n) is 4.68. The van der Waals surface area contributed by atoms with E-state index in [1.807, 2.05) is 36.4 Å². The summed E-state index contributed by atoms with van der Waals surface area (Å²) in [7, 11) is 4.81. The molecule has 0 spiro atoms. The number of rotatable bonds is 6. The van der Waals surface area contributed by atoms with Crippen molar-refractivity contribution >= 4 is 17.6 Å². The second kappa shape index (κ2) is 7.89. The molecule has 2 aromatic carbocycles. The van der Waals surface area contributed by atoms with Crippen molar-refractivity contribution in [1.29, 1.82) is 0 Å². The van der Waals surface area contributed by atoms with Crippen LogP contribution in [0, 0.1) is 0 Å². The minimum absolute atomic E-state index is 0.396. The van der Waals surface area contributed by atoms with E-state index in [1.54, 1.807) is 39.5 Å². The molecule has 5 nitrogen and oxygen atoms in total. The largest absolute Gasteiger partial charge is 0.497 e. The van der Waals surface area contributed by atoms with Gasteiger partial charge in [0.1, 0.15) is 11.6 Å². The third kappa shape index (κ3) is 4.51. The van der Waals surface area contributed by atoms with Crippen molar-refractivity contribution in [2.45, 2.75) is 0 Å². The first-order valence-corrected chi connectivity index (χ1v) is 7.04. The van der Waals surface area contributed by atoms with Crippen molar-refractivity contribution in [3.05, 3.63) is 54.1 Å². The van der Waals surface area contributed by atoms with Crippen molar-refractivity contribution in [1.82, 2.24) is 0 Å². The summed E-state index contributed by atoms with van der Waals surface area (Å²) in [6, 6.07) is 13.0. The Morgan fingerprint density at radius 3 is 2.22 bits per heavy atom. The third-order valence-electron chi connectivity index (χ3n) is 3.19. The Hall–Kier alpha value is -2.95. The molecule has 0 radical (unpaired) electrons. The van der Waals surface area contributed by atoms with Gasteiger partial charge in [-0.25, -0.2) is 4.99 Å². The summed E-state index contributed by atoms with van der Waals surface area (Å²) < 4.78 is 15.6. The molecule has 0 aromatic heterocycles. The predicted molar refractivity (Wildman–Crippen MR) is 92.9 cm³/mol. The van der Waals surface area contributed by atoms with Crippen molar-refractivity contribution in [3.8, 4) is 17.2 Å². The van der Waals surface area contributed by atoms with Gasteiger partial charge in [0, 0.05) is 6.07 Å². The highest BCUT2D eigenvalue weighted by atomic mass is 16.5. The topological polar surface area (TPSA) is 66.1 Å². The van der Waals surface area contributed by atoms with Crippen LogP contribution in [0.5, 0.6) is 17.2 Å². The van der Waals surface area contributed by atoms with Crippen LogP contribution in [0.15, 0.2) is 53.5 Å². The van der Waals surface area contributed by atoms with Gasteiger partial charge in [0.15, 0.2) is 11.5 Å². The predicted octanol–water partition coefficient (Wildman–Crippen LogP) is 3.41. The standard InChI is InChI=1S/C18H20N2O3/c1-21-15-8-4-13(5-9-15)6-11-18(19)20-14-7-10-16(22-2)17(12-14)23-3/h4-12H,1-3H3,(H2,19,20). The van der Waals surface area contributed by atoms with E-state index in [-0.39, 0.29) is 0 Å². The summed E-state index contributed by atoms with van der Waals surface area (Å²) in [5.74, 6) is 2.47. The lowest BCUT2D eigenvalue weighted by Crippen LogP contribution is -2.06. The normalized spacial score (nSPS) is 11.5. The first kappa shape index (κ1) is 16.4. The Kier molecular flexibility index (Phi) is 5.63. The van der Waals surface area contributed by atoms with Crippen LogP contribution in [0.25, 0.3) is 6.08 Å². The average molecular weight is 312 g/mol. The maximum absolute atomic E-state index is 5.94. The molecule has 120 valence electrons. The minimum Gasteiger partial charge on any atom is -0.497 e. The Morgan fingerprint density at radius 2 is 1.61 bits per heavy atom. The zero-order chi connectivity index (χ0) is 16.7. The quantitative estimate of drug-likeness (QED) is 0.655. The first-order valence-electron chi connectivity index (χ1n) is 7.04. The third-order valence-corrected chi connectivity index (χ3v) is 3.19. The zero-order valence-electron chi connectivity index (χ0n) is 13.4. The lowest BCUT2D eigenvalue weighted by molar-refractivity contribution is 0.355. The first-order chi connectivity index (χ1) is 11.2. The van der Waals surface area contributed by atoms with Crippen LogP contribution < -0.4 is 19.9 Å². The van der Waals surface area contributed by atoms with E-state index in [2.05, 4.69) is 4.99 Å². The number of hydrogen-bond acceptors (Lipinski definition) is 4. The maximum Gasteiger partial charge on any atom is 0.162 e. The molecule has 23 heavy (non-hydrogen) atoms. The van der Waals surface area contributed by atoms with E-state index in [0.717, 1.165) is 11.3 Å². The molecule has 2 aromatic rings. The van der Waals surface area contributed by atoms with E-state index < -0.39 is 0 Å². The van der Waals surface area contributed by atoms with Gasteiger partial charge >= 0.3 is 0 Å². The molecular formula is C18H20N2O3. The van der Waals surface area contributed by atoms with Crippen LogP contribution in [0.2, 0.25) is 0 Å². The average Bonchev–Trinajstić information content (AvgIpc) is 2.60. The van der Waals surface area contributed by atoms with Gasteiger partial charge in [-0.1, -0.05) is 18.2 Å². The number of benzene rings is 2. The highest BCUT2D eigenvalue weighted by Crippen LogP contribution is 2.31. The van der Waals surface area contributed by atoms with E-state index in [1.165, 1.54) is 0 Å². The van der Waals surface area contributed by atoms with E-state index in [0.29, 0.717) is 23.0 Å². The van der Waals surface area contributed by atoms with Crippen LogP contribution in [0.3, 0.4) is 0 Å². The minimum atomic E-state index is 0.396. The smallest absolute Gasteiger partial charge is 0.162 e. The monoisotopic (exact) mass is 312 g/mol. The molecule has 0 aliphatic rings. The van der Waals surface area contributed by atoms with Gasteiger partial charge in [-0.2, -0.15) is 0 Å². The van der Waals surface area contributed by atoms with Crippen molar-refractivity contribution in [3.63, 3.8) is 0 Å². The van der Waals surface area contributed by atoms with Gasteiger partial charge in [-0.05, 0) is 35.9 Å². The molecule has 0 unspecified atom stereocenters. The molecule has 2 rings (SSSR count). The van der Waals surface area contributed by atoms with E-state index in [4.69, 9.17) is 19.9 Å². The molecule has 0 amide bonds. The van der Waals surface area contributed by atoms with Gasteiger partial charge < -0.3 is 19.9 Å². The van der Waals surface area contributed by atoms with E-state index in [9.17, 15) is 0 Å². The Morgan fingerprint density at radius 1 is 0.913 bits per heavy atom. The summed E-state index contributed by atoms with van der Waals surface area (Å²) in [5.41, 5.74) is 7.64. The molecule has 0 saturated heterocycles. The number of aliphatic imine (C=N–C) groups is 1. The van der Waals surface area contributed by atoms with Gasteiger partial charge in [-0.3, -0.25) is 0 Å². The summed E-state index contributed by atoms with van der Waals surface area (Å²) >= 11 is 0. The van der Waals surface area contributed by atoms with Gasteiger partial charge in [-0.15, -0.1) is 0 Å². The maximum atomic E-state index is 5.94. The van der Waals surface area contributed by atoms with Crippen molar-refractivity contribution in [2.24, 2.45) is 10.7 Å². The number of nitrogens with zero attached hydrogens (tertiary/aromatic N) is 1. The molecule has 0 bridgehead atoms. The molecule has 0 fully saturated rings. The van der Waals surface area contributed by atoms with E-state index >= 15 is 0 Å². The Labute approximate surface area is 136 Å². The van der Waals surface area contributed by atoms with Crippen molar-refractivity contribution in [2.75, 3.05) is 21.3 Å². The highest BCUT2D eigenvalue weighted by Gasteiger charge is 2.03. The van der Waals surface area contributed by atoms with Gasteiger partial charge in [0.25, 0.3) is 0 Å². The summed E-state index contributed by atoms with van der Waals surface area (Å²) in [5, 5.41) is 0. The summed E-state index contributed by atoms with van der Waals surface area (Å²) in [6.07, 6.45) is 3.64. The fourth-order valence-corrected chi connectivity index (χ4v) is 1.98. The molecule has 0 saturated carbocycles. The molecule has 0 aliphatic carbocycles. The molecule has 5 heteroatoms. The number of methoxy groups -OCH3 is 3. The van der Waals surface area contributed by atoms with Crippen LogP contribution in [-0.2, 0) is 0 Å². The van der Waals surface area contributed by atoms with Crippen LogP contribution >= 0.6 is 0 Å². The SMILES string of the molecule is COc1ccc(C=CC(N)=Nc2ccc(OC)c(OC)c2)cc1. The summed E-state index contributed by atoms with van der Waals surface area (Å²) in [6.45, 7) is 0. The lowest BCUT2D eigenvalue weighted by atomic mass is 10.2. The Bertz CT molecular complexity index is 707. The number of hydrogen-bond donors (Lipinski definition) is 1. The number of amidine groups is 1. The fourth-order valence-electron chi connectivity index (χ4n) is 1.98. The molecule has 0 heterocycles. The highest BCUT2D eigenvalue weighted by molar-refractivity contribution is 5.96. The van der Waals surface area contributed by atoms with Crippen molar-refractivity contribution < 1.29 is 14.2 Å². The molecule has 2 N–H and O–H groups in total. The second-order valence-corrected chi connectivity index (χ2v) is 4.68. The molecule has 0 aliphatic heterocycles. The van der Waals surface area contributed by atoms with Gasteiger partial charge in [0.2, 0.25) is 0 Å². The fraction of sp³-hybridized carbons (Fsp3) is 0.167. The summed E-state index contributed by atoms with van der Waals surface area (Å²) in [4.78, 5) is 4.34. The number of nitrogens with two attached hydrogens (primary N) is 1. The van der Waals surface area contributed by atoms with Crippen LogP contribution in [0.1, 0.15) is 5.56 Å². The zero-order valence-corrected chi connectivity index (χ0v) is 13.4. The molecule has 0 atom stereocenters.